The molecule has 0 aliphatic carbocycles. The molecule has 0 amide bonds. The van der Waals surface area contributed by atoms with Crippen molar-refractivity contribution in [3.63, 3.8) is 0 Å². The quantitative estimate of drug-likeness (QED) is 0.711. The van der Waals surface area contributed by atoms with E-state index in [1.807, 2.05) is 0 Å². The molecule has 0 radical (unpaired) electrons. The molecule has 1 unspecified atom stereocenters. The normalized spacial score (nSPS) is 12.2. The molecule has 3 nitrogen and oxygen atoms in total. The molecular weight excluding hydrogens is 168 g/mol. The molecule has 13 heavy (non-hydrogen) atoms. The molecular formula is C10H12O3. The van der Waals surface area contributed by atoms with E-state index in [2.05, 4.69) is 0 Å². The Balaban J connectivity index is 2.73. The largest absolute Gasteiger partial charge is 0.497 e. The maximum absolute atomic E-state index is 10.1. The average molecular weight is 180 g/mol. The zero-order chi connectivity index (χ0) is 9.68. The molecule has 1 aromatic carbocycles. The second-order valence-corrected chi connectivity index (χ2v) is 2.69. The first-order chi connectivity index (χ1) is 6.27. The average Bonchev–Trinajstić information content (AvgIpc) is 2.18. The molecule has 1 N–H and O–H groups in total. The smallest absolute Gasteiger partial charge is 0.122 e. The fourth-order valence-electron chi connectivity index (χ4n) is 1.05. The minimum atomic E-state index is -0.705. The van der Waals surface area contributed by atoms with Crippen molar-refractivity contribution in [3.05, 3.63) is 29.8 Å². The van der Waals surface area contributed by atoms with Crippen LogP contribution in [0.3, 0.4) is 0 Å². The number of benzene rings is 1. The van der Waals surface area contributed by atoms with Crippen LogP contribution in [0.4, 0.5) is 0 Å². The zero-order valence-electron chi connectivity index (χ0n) is 7.43. The van der Waals surface area contributed by atoms with Gasteiger partial charge in [-0.15, -0.1) is 0 Å². The van der Waals surface area contributed by atoms with Crippen molar-refractivity contribution in [2.75, 3.05) is 7.11 Å². The summed E-state index contributed by atoms with van der Waals surface area (Å²) in [5, 5.41) is 9.41. The minimum absolute atomic E-state index is 0.131. The summed E-state index contributed by atoms with van der Waals surface area (Å²) >= 11 is 0. The Morgan fingerprint density at radius 1 is 1.46 bits per heavy atom. The van der Waals surface area contributed by atoms with Crippen molar-refractivity contribution < 1.29 is 14.6 Å². The van der Waals surface area contributed by atoms with Gasteiger partial charge in [0.05, 0.1) is 13.2 Å². The number of hydrogen-bond donors (Lipinski definition) is 1. The summed E-state index contributed by atoms with van der Waals surface area (Å²) in [4.78, 5) is 10.1. The molecule has 3 heteroatoms. The van der Waals surface area contributed by atoms with Crippen molar-refractivity contribution in [2.24, 2.45) is 0 Å². The van der Waals surface area contributed by atoms with Crippen LogP contribution in [0.25, 0.3) is 0 Å². The van der Waals surface area contributed by atoms with Crippen LogP contribution in [-0.4, -0.2) is 18.5 Å². The molecule has 1 aromatic rings. The Bertz CT molecular complexity index is 266. The summed E-state index contributed by atoms with van der Waals surface area (Å²) in [7, 11) is 1.58. The lowest BCUT2D eigenvalue weighted by Crippen LogP contribution is -1.97. The highest BCUT2D eigenvalue weighted by Gasteiger charge is 2.05. The third-order valence-electron chi connectivity index (χ3n) is 1.82. The Labute approximate surface area is 77.0 Å². The molecule has 70 valence electrons. The molecule has 0 fully saturated rings. The summed E-state index contributed by atoms with van der Waals surface area (Å²) in [5.74, 6) is 0.738. The first-order valence-corrected chi connectivity index (χ1v) is 4.03. The van der Waals surface area contributed by atoms with E-state index in [1.165, 1.54) is 0 Å². The van der Waals surface area contributed by atoms with E-state index < -0.39 is 6.10 Å². The number of ether oxygens (including phenoxy) is 1. The van der Waals surface area contributed by atoms with Gasteiger partial charge in [-0.05, 0) is 17.7 Å². The van der Waals surface area contributed by atoms with Crippen LogP contribution in [0.2, 0.25) is 0 Å². The molecule has 1 rings (SSSR count). The van der Waals surface area contributed by atoms with E-state index in [0.29, 0.717) is 6.29 Å². The van der Waals surface area contributed by atoms with E-state index in [1.54, 1.807) is 31.4 Å². The van der Waals surface area contributed by atoms with Crippen LogP contribution in [0.1, 0.15) is 18.1 Å². The van der Waals surface area contributed by atoms with Gasteiger partial charge < -0.3 is 14.6 Å². The second kappa shape index (κ2) is 4.62. The van der Waals surface area contributed by atoms with Crippen LogP contribution in [0.5, 0.6) is 5.75 Å². The van der Waals surface area contributed by atoms with Crippen molar-refractivity contribution in [3.8, 4) is 5.75 Å². The number of carbonyl (C=O) groups is 1. The number of aliphatic hydroxyl groups is 1. The fourth-order valence-corrected chi connectivity index (χ4v) is 1.05. The fraction of sp³-hybridized carbons (Fsp3) is 0.300. The van der Waals surface area contributed by atoms with Gasteiger partial charge in [0.1, 0.15) is 12.0 Å². The Kier molecular flexibility index (Phi) is 3.46. The molecule has 0 saturated carbocycles. The first kappa shape index (κ1) is 9.74. The standard InChI is InChI=1S/C10H12O3/c1-13-9-4-2-8(3-5-9)10(12)6-7-11/h2-5,7,10,12H,6H2,1H3. The van der Waals surface area contributed by atoms with Gasteiger partial charge in [0.25, 0.3) is 0 Å². The Hall–Kier alpha value is -1.35. The number of rotatable bonds is 4. The van der Waals surface area contributed by atoms with Gasteiger partial charge in [0.15, 0.2) is 0 Å². The number of hydrogen-bond acceptors (Lipinski definition) is 3. The SMILES string of the molecule is COc1ccc(C(O)CC=O)cc1. The number of aliphatic hydroxyl groups excluding tert-OH is 1. The highest BCUT2D eigenvalue weighted by atomic mass is 16.5. The van der Waals surface area contributed by atoms with E-state index in [9.17, 15) is 9.90 Å². The molecule has 0 heterocycles. The summed E-state index contributed by atoms with van der Waals surface area (Å²) < 4.78 is 4.96. The summed E-state index contributed by atoms with van der Waals surface area (Å²) in [6.45, 7) is 0. The number of methoxy groups -OCH3 is 1. The summed E-state index contributed by atoms with van der Waals surface area (Å²) in [5.41, 5.74) is 0.730. The van der Waals surface area contributed by atoms with E-state index in [-0.39, 0.29) is 6.42 Å². The zero-order valence-corrected chi connectivity index (χ0v) is 7.43. The topological polar surface area (TPSA) is 46.5 Å². The third kappa shape index (κ3) is 2.56. The monoisotopic (exact) mass is 180 g/mol. The molecule has 1 atom stereocenters. The maximum Gasteiger partial charge on any atom is 0.122 e. The summed E-state index contributed by atoms with van der Waals surface area (Å²) in [6.07, 6.45) is 0.129. The van der Waals surface area contributed by atoms with Crippen LogP contribution in [0, 0.1) is 0 Å². The number of aldehydes is 1. The lowest BCUT2D eigenvalue weighted by molar-refractivity contribution is -0.109. The van der Waals surface area contributed by atoms with E-state index >= 15 is 0 Å². The van der Waals surface area contributed by atoms with Crippen LogP contribution in [-0.2, 0) is 4.79 Å². The lowest BCUT2D eigenvalue weighted by Gasteiger charge is -2.07. The van der Waals surface area contributed by atoms with E-state index in [4.69, 9.17) is 4.74 Å². The van der Waals surface area contributed by atoms with Gasteiger partial charge in [-0.25, -0.2) is 0 Å². The van der Waals surface area contributed by atoms with Gasteiger partial charge in [-0.3, -0.25) is 0 Å². The Morgan fingerprint density at radius 2 is 2.08 bits per heavy atom. The number of carbonyl (C=O) groups excluding carboxylic acids is 1. The van der Waals surface area contributed by atoms with Gasteiger partial charge in [0.2, 0.25) is 0 Å². The molecule has 0 aromatic heterocycles. The summed E-state index contributed by atoms with van der Waals surface area (Å²) in [6, 6.07) is 6.99. The third-order valence-corrected chi connectivity index (χ3v) is 1.82. The van der Waals surface area contributed by atoms with Crippen LogP contribution in [0.15, 0.2) is 24.3 Å². The highest BCUT2D eigenvalue weighted by Crippen LogP contribution is 2.18. The van der Waals surface area contributed by atoms with Gasteiger partial charge in [0, 0.05) is 6.42 Å². The van der Waals surface area contributed by atoms with Gasteiger partial charge in [-0.2, -0.15) is 0 Å². The minimum Gasteiger partial charge on any atom is -0.497 e. The van der Waals surface area contributed by atoms with Crippen molar-refractivity contribution in [1.29, 1.82) is 0 Å². The lowest BCUT2D eigenvalue weighted by atomic mass is 10.1. The molecule has 0 aliphatic heterocycles. The van der Waals surface area contributed by atoms with Crippen LogP contribution >= 0.6 is 0 Å². The van der Waals surface area contributed by atoms with Gasteiger partial charge >= 0.3 is 0 Å². The van der Waals surface area contributed by atoms with Crippen molar-refractivity contribution >= 4 is 6.29 Å². The molecule has 0 aliphatic rings. The van der Waals surface area contributed by atoms with Crippen LogP contribution < -0.4 is 4.74 Å². The highest BCUT2D eigenvalue weighted by molar-refractivity contribution is 5.51. The van der Waals surface area contributed by atoms with E-state index in [0.717, 1.165) is 11.3 Å². The predicted molar refractivity (Wildman–Crippen MR) is 48.6 cm³/mol. The Morgan fingerprint density at radius 3 is 2.54 bits per heavy atom. The molecule has 0 bridgehead atoms. The second-order valence-electron chi connectivity index (χ2n) is 2.69. The van der Waals surface area contributed by atoms with Crippen molar-refractivity contribution in [2.45, 2.75) is 12.5 Å². The predicted octanol–water partition coefficient (Wildman–Crippen LogP) is 1.32. The molecule has 0 saturated heterocycles. The maximum atomic E-state index is 10.1. The first-order valence-electron chi connectivity index (χ1n) is 4.03. The van der Waals surface area contributed by atoms with Crippen molar-refractivity contribution in [1.82, 2.24) is 0 Å². The molecule has 0 spiro atoms. The van der Waals surface area contributed by atoms with Gasteiger partial charge in [-0.1, -0.05) is 12.1 Å².